The summed E-state index contributed by atoms with van der Waals surface area (Å²) in [5, 5.41) is 22.4. The molecule has 0 saturated heterocycles. The Hall–Kier alpha value is -2.84. The maximum Gasteiger partial charge on any atom is 2.00 e. The van der Waals surface area contributed by atoms with Gasteiger partial charge in [0.15, 0.2) is 0 Å². The average molecular weight is 795 g/mol. The van der Waals surface area contributed by atoms with E-state index in [9.17, 15) is 36.2 Å². The third-order valence-electron chi connectivity index (χ3n) is 8.36. The number of ether oxygens (including phenoxy) is 2. The molecular formula is C40H50CaO10S2. The Balaban J connectivity index is 0.000000360. The monoisotopic (exact) mass is 794 g/mol. The first-order chi connectivity index (χ1) is 24.8. The topological polar surface area (TPSA) is 173 Å². The quantitative estimate of drug-likeness (QED) is 0.0499. The molecule has 0 aliphatic heterocycles. The molecule has 53 heavy (non-hydrogen) atoms. The van der Waals surface area contributed by atoms with Crippen molar-refractivity contribution in [3.05, 3.63) is 96.1 Å². The van der Waals surface area contributed by atoms with Gasteiger partial charge in [-0.3, -0.25) is 4.55 Å². The van der Waals surface area contributed by atoms with Crippen molar-refractivity contribution in [1.82, 2.24) is 0 Å². The maximum absolute atomic E-state index is 12.2. The van der Waals surface area contributed by atoms with Crippen LogP contribution < -0.4 is 14.6 Å². The van der Waals surface area contributed by atoms with E-state index in [1.54, 1.807) is 54.6 Å². The Labute approximate surface area is 345 Å². The summed E-state index contributed by atoms with van der Waals surface area (Å²) in [7, 11) is -9.32. The van der Waals surface area contributed by atoms with E-state index in [1.165, 1.54) is 50.7 Å². The molecule has 2 N–H and O–H groups in total. The number of unbranched alkanes of at least 4 members (excludes halogenated alkanes) is 10. The molecule has 0 aliphatic carbocycles. The molecule has 0 saturated carbocycles. The first kappa shape index (κ1) is 46.3. The van der Waals surface area contributed by atoms with Gasteiger partial charge in [0.1, 0.15) is 43.8 Å². The second-order valence-electron chi connectivity index (χ2n) is 12.6. The molecule has 0 aliphatic rings. The minimum atomic E-state index is -4.80. The number of hydrogen-bond acceptors (Lipinski definition) is 9. The Bertz CT molecular complexity index is 1750. The fourth-order valence-electron chi connectivity index (χ4n) is 5.55. The number of phenolic OH excluding ortho intramolecular Hbond substituents is 1. The van der Waals surface area contributed by atoms with Crippen molar-refractivity contribution in [2.45, 2.75) is 114 Å². The number of aromatic hydroxyl groups is 1. The molecule has 0 radical (unpaired) electrons. The van der Waals surface area contributed by atoms with Crippen LogP contribution in [0.1, 0.15) is 102 Å². The molecule has 0 fully saturated rings. The van der Waals surface area contributed by atoms with Crippen LogP contribution in [0.2, 0.25) is 0 Å². The zero-order valence-corrected chi connectivity index (χ0v) is 34.5. The molecule has 284 valence electrons. The van der Waals surface area contributed by atoms with Gasteiger partial charge in [0.25, 0.3) is 10.1 Å². The van der Waals surface area contributed by atoms with E-state index in [0.717, 1.165) is 50.7 Å². The minimum absolute atomic E-state index is 0. The van der Waals surface area contributed by atoms with E-state index in [1.807, 2.05) is 6.07 Å². The molecule has 0 heterocycles. The van der Waals surface area contributed by atoms with Crippen LogP contribution >= 0.6 is 0 Å². The summed E-state index contributed by atoms with van der Waals surface area (Å²) in [5.41, 5.74) is 1.08. The van der Waals surface area contributed by atoms with Crippen molar-refractivity contribution in [3.8, 4) is 34.5 Å². The fourth-order valence-corrected chi connectivity index (χ4v) is 6.76. The molecule has 0 atom stereocenters. The van der Waals surface area contributed by atoms with E-state index in [2.05, 4.69) is 13.8 Å². The van der Waals surface area contributed by atoms with Gasteiger partial charge in [-0.05, 0) is 73.7 Å². The Morgan fingerprint density at radius 2 is 1.00 bits per heavy atom. The number of rotatable bonds is 20. The standard InChI is InChI=1S/2C20H26O5S.Ca/c2*1-2-3-4-5-6-8-11-16-14-19(25-17-12-9-7-10-13-17)20(15-18(16)21)26(22,23)24;/h2*7,9-10,12-15,21H,2-6,8,11H2,1H3,(H,22,23,24);/q;;+2/p-2. The summed E-state index contributed by atoms with van der Waals surface area (Å²) in [4.78, 5) is -1.05. The van der Waals surface area contributed by atoms with Gasteiger partial charge in [-0.2, -0.15) is 8.42 Å². The zero-order chi connectivity index (χ0) is 38.0. The smallest absolute Gasteiger partial charge is 0.872 e. The Morgan fingerprint density at radius 1 is 0.585 bits per heavy atom. The first-order valence-corrected chi connectivity index (χ1v) is 20.8. The van der Waals surface area contributed by atoms with Gasteiger partial charge in [0.2, 0.25) is 0 Å². The van der Waals surface area contributed by atoms with Crippen LogP contribution in [-0.4, -0.2) is 68.8 Å². The molecular weight excluding hydrogens is 745 g/mol. The molecule has 0 amide bonds. The number of benzene rings is 4. The average Bonchev–Trinajstić information content (AvgIpc) is 3.10. The number of para-hydroxylation sites is 2. The molecule has 0 aromatic heterocycles. The molecule has 4 aromatic rings. The third kappa shape index (κ3) is 16.6. The van der Waals surface area contributed by atoms with Crippen LogP contribution in [-0.2, 0) is 33.1 Å². The Morgan fingerprint density at radius 3 is 1.45 bits per heavy atom. The zero-order valence-electron chi connectivity index (χ0n) is 30.7. The second-order valence-corrected chi connectivity index (χ2v) is 15.4. The van der Waals surface area contributed by atoms with Crippen LogP contribution in [0.4, 0.5) is 0 Å². The van der Waals surface area contributed by atoms with E-state index >= 15 is 0 Å². The van der Waals surface area contributed by atoms with Gasteiger partial charge in [-0.1, -0.05) is 120 Å². The summed E-state index contributed by atoms with van der Waals surface area (Å²) in [6.07, 6.45) is 14.4. The molecule has 4 rings (SSSR count). The summed E-state index contributed by atoms with van der Waals surface area (Å²) in [6, 6.07) is 22.1. The van der Waals surface area contributed by atoms with Crippen LogP contribution in [0.15, 0.2) is 94.7 Å². The Kier molecular flexibility index (Phi) is 20.8. The first-order valence-electron chi connectivity index (χ1n) is 17.9. The second kappa shape index (κ2) is 23.8. The van der Waals surface area contributed by atoms with Crippen molar-refractivity contribution in [3.63, 3.8) is 0 Å². The van der Waals surface area contributed by atoms with Crippen molar-refractivity contribution < 1.29 is 45.6 Å². The van der Waals surface area contributed by atoms with Crippen LogP contribution in [0.3, 0.4) is 0 Å². The molecule has 0 bridgehead atoms. The fraction of sp³-hybridized carbons (Fsp3) is 0.400. The molecule has 0 spiro atoms. The van der Waals surface area contributed by atoms with Crippen LogP contribution in [0.5, 0.6) is 34.5 Å². The van der Waals surface area contributed by atoms with Crippen LogP contribution in [0.25, 0.3) is 0 Å². The van der Waals surface area contributed by atoms with Gasteiger partial charge in [0.05, 0.1) is 4.90 Å². The van der Waals surface area contributed by atoms with E-state index < -0.39 is 35.8 Å². The van der Waals surface area contributed by atoms with Crippen molar-refractivity contribution in [2.75, 3.05) is 0 Å². The van der Waals surface area contributed by atoms with Gasteiger partial charge < -0.3 is 24.2 Å². The number of aryl methyl sites for hydroxylation is 2. The van der Waals surface area contributed by atoms with Crippen molar-refractivity contribution in [1.29, 1.82) is 0 Å². The number of hydrogen-bond donors (Lipinski definition) is 2. The van der Waals surface area contributed by atoms with Crippen molar-refractivity contribution >= 4 is 58.0 Å². The SMILES string of the molecule is CCCCCCCCc1cc(Oc2ccccc2)c(S(=O)(=O)O)cc1O.CCCCCCCCc1cc(Oc2ccccc2)c(S(=O)(=O)[O-])cc1[O-].[Ca+2]. The summed E-state index contributed by atoms with van der Waals surface area (Å²) in [6.45, 7) is 4.33. The predicted molar refractivity (Wildman–Crippen MR) is 205 cm³/mol. The minimum Gasteiger partial charge on any atom is -0.872 e. The van der Waals surface area contributed by atoms with E-state index in [4.69, 9.17) is 9.47 Å². The number of phenols is 1. The van der Waals surface area contributed by atoms with Crippen molar-refractivity contribution in [2.24, 2.45) is 0 Å². The largest absolute Gasteiger partial charge is 2.00 e. The third-order valence-corrected chi connectivity index (χ3v) is 10.1. The van der Waals surface area contributed by atoms with Gasteiger partial charge >= 0.3 is 37.7 Å². The molecule has 10 nitrogen and oxygen atoms in total. The predicted octanol–water partition coefficient (Wildman–Crippen LogP) is 9.31. The molecule has 13 heteroatoms. The summed E-state index contributed by atoms with van der Waals surface area (Å²) < 4.78 is 78.4. The maximum atomic E-state index is 12.2. The van der Waals surface area contributed by atoms with Gasteiger partial charge in [-0.25, -0.2) is 8.42 Å². The molecule has 4 aromatic carbocycles. The molecule has 0 unspecified atom stereocenters. The van der Waals surface area contributed by atoms with Gasteiger partial charge in [-0.15, -0.1) is 5.75 Å². The summed E-state index contributed by atoms with van der Waals surface area (Å²) >= 11 is 0. The van der Waals surface area contributed by atoms with E-state index in [-0.39, 0.29) is 55.0 Å². The summed E-state index contributed by atoms with van der Waals surface area (Å²) in [5.74, 6) is 0.194. The van der Waals surface area contributed by atoms with E-state index in [0.29, 0.717) is 35.5 Å². The van der Waals surface area contributed by atoms with Gasteiger partial charge in [0, 0.05) is 6.07 Å². The van der Waals surface area contributed by atoms with Crippen LogP contribution in [0, 0.1) is 0 Å². The normalized spacial score (nSPS) is 11.2.